The number of nitrogens with one attached hydrogen (secondary N) is 1. The number of fused-ring (bicyclic) bond motifs is 1. The number of carbonyl (C=O) groups excluding carboxylic acids is 2. The molecule has 2 N–H and O–H groups in total. The van der Waals surface area contributed by atoms with E-state index in [1.165, 1.54) is 0 Å². The molecule has 0 saturated carbocycles. The third kappa shape index (κ3) is 3.05. The summed E-state index contributed by atoms with van der Waals surface area (Å²) < 4.78 is 5.43. The van der Waals surface area contributed by atoms with Crippen molar-refractivity contribution in [2.24, 2.45) is 5.41 Å². The number of nitrogens with zero attached hydrogens (tertiary/aromatic N) is 2. The third-order valence-electron chi connectivity index (χ3n) is 5.83. The van der Waals surface area contributed by atoms with Crippen molar-refractivity contribution in [3.8, 4) is 5.75 Å². The molecular formula is C19H25N3O4. The topological polar surface area (TPSA) is 82.1 Å². The molecule has 0 aliphatic carbocycles. The zero-order valence-corrected chi connectivity index (χ0v) is 15.0. The molecular weight excluding hydrogens is 334 g/mol. The van der Waals surface area contributed by atoms with Gasteiger partial charge < -0.3 is 25.0 Å². The third-order valence-corrected chi connectivity index (χ3v) is 5.83. The molecule has 1 spiro atoms. The van der Waals surface area contributed by atoms with Gasteiger partial charge in [0.25, 0.3) is 11.8 Å². The highest BCUT2D eigenvalue weighted by Crippen LogP contribution is 2.39. The fourth-order valence-corrected chi connectivity index (χ4v) is 4.50. The average molecular weight is 359 g/mol. The van der Waals surface area contributed by atoms with Crippen LogP contribution in [0.15, 0.2) is 18.2 Å². The van der Waals surface area contributed by atoms with E-state index in [1.54, 1.807) is 18.2 Å². The Hall–Kier alpha value is -2.12. The number of aliphatic hydroxyl groups is 1. The summed E-state index contributed by atoms with van der Waals surface area (Å²) in [5.74, 6) is 0.289. The number of benzene rings is 1. The summed E-state index contributed by atoms with van der Waals surface area (Å²) in [4.78, 5) is 28.5. The van der Waals surface area contributed by atoms with Gasteiger partial charge in [0.2, 0.25) is 0 Å². The van der Waals surface area contributed by atoms with Crippen LogP contribution < -0.4 is 10.1 Å². The molecule has 0 bridgehead atoms. The van der Waals surface area contributed by atoms with Gasteiger partial charge in [-0.15, -0.1) is 0 Å². The molecule has 1 aromatic carbocycles. The van der Waals surface area contributed by atoms with Gasteiger partial charge >= 0.3 is 0 Å². The number of hydrogen-bond donors (Lipinski definition) is 2. The number of amides is 2. The lowest BCUT2D eigenvalue weighted by molar-refractivity contribution is -0.118. The molecule has 4 rings (SSSR count). The van der Waals surface area contributed by atoms with E-state index < -0.39 is 0 Å². The number of anilines is 1. The van der Waals surface area contributed by atoms with E-state index in [9.17, 15) is 14.7 Å². The molecule has 2 amide bonds. The first-order chi connectivity index (χ1) is 12.5. The molecule has 26 heavy (non-hydrogen) atoms. The van der Waals surface area contributed by atoms with Crippen molar-refractivity contribution >= 4 is 17.5 Å². The lowest BCUT2D eigenvalue weighted by atomic mass is 9.71. The normalized spacial score (nSPS) is 29.1. The monoisotopic (exact) mass is 359 g/mol. The Morgan fingerprint density at radius 3 is 3.04 bits per heavy atom. The van der Waals surface area contributed by atoms with E-state index in [2.05, 4.69) is 17.3 Å². The number of likely N-dealkylation sites (tertiary alicyclic amines) is 2. The highest BCUT2D eigenvalue weighted by Gasteiger charge is 2.45. The second kappa shape index (κ2) is 6.55. The minimum Gasteiger partial charge on any atom is -0.482 e. The van der Waals surface area contributed by atoms with Gasteiger partial charge in [-0.3, -0.25) is 9.59 Å². The van der Waals surface area contributed by atoms with Crippen LogP contribution in [0, 0.1) is 5.41 Å². The van der Waals surface area contributed by atoms with Gasteiger partial charge in [-0.2, -0.15) is 0 Å². The number of piperidine rings is 2. The highest BCUT2D eigenvalue weighted by atomic mass is 16.5. The zero-order valence-electron chi connectivity index (χ0n) is 15.0. The Kier molecular flexibility index (Phi) is 4.36. The van der Waals surface area contributed by atoms with Crippen molar-refractivity contribution in [1.29, 1.82) is 0 Å². The van der Waals surface area contributed by atoms with Crippen molar-refractivity contribution in [3.63, 3.8) is 0 Å². The summed E-state index contributed by atoms with van der Waals surface area (Å²) in [6.45, 7) is 2.95. The molecule has 3 aliphatic heterocycles. The predicted octanol–water partition coefficient (Wildman–Crippen LogP) is 0.936. The molecule has 0 radical (unpaired) electrons. The quantitative estimate of drug-likeness (QED) is 0.780. The van der Waals surface area contributed by atoms with Crippen molar-refractivity contribution in [1.82, 2.24) is 9.80 Å². The number of carbonyl (C=O) groups is 2. The fraction of sp³-hybridized carbons (Fsp3) is 0.579. The summed E-state index contributed by atoms with van der Waals surface area (Å²) in [6.07, 6.45) is 2.23. The van der Waals surface area contributed by atoms with Crippen LogP contribution in [-0.4, -0.2) is 72.7 Å². The highest BCUT2D eigenvalue weighted by molar-refractivity contribution is 5.99. The summed E-state index contributed by atoms with van der Waals surface area (Å²) in [7, 11) is 2.07. The number of ether oxygens (including phenoxy) is 1. The first-order valence-electron chi connectivity index (χ1n) is 9.19. The van der Waals surface area contributed by atoms with Gasteiger partial charge in [-0.05, 0) is 44.5 Å². The largest absolute Gasteiger partial charge is 0.482 e. The van der Waals surface area contributed by atoms with Crippen molar-refractivity contribution < 1.29 is 19.4 Å². The predicted molar refractivity (Wildman–Crippen MR) is 96.3 cm³/mol. The number of aliphatic hydroxyl groups excluding tert-OH is 1. The van der Waals surface area contributed by atoms with Crippen molar-refractivity contribution in [3.05, 3.63) is 23.8 Å². The van der Waals surface area contributed by atoms with Crippen LogP contribution in [-0.2, 0) is 4.79 Å². The van der Waals surface area contributed by atoms with Gasteiger partial charge in [0.05, 0.1) is 11.8 Å². The Bertz CT molecular complexity index is 737. The molecule has 7 nitrogen and oxygen atoms in total. The molecule has 140 valence electrons. The Balaban J connectivity index is 1.54. The second-order valence-electron chi connectivity index (χ2n) is 7.78. The Morgan fingerprint density at radius 1 is 1.35 bits per heavy atom. The van der Waals surface area contributed by atoms with Crippen molar-refractivity contribution in [2.45, 2.75) is 25.4 Å². The van der Waals surface area contributed by atoms with Crippen LogP contribution in [0.5, 0.6) is 5.75 Å². The fourth-order valence-electron chi connectivity index (χ4n) is 4.50. The summed E-state index contributed by atoms with van der Waals surface area (Å²) >= 11 is 0. The van der Waals surface area contributed by atoms with Crippen LogP contribution in [0.1, 0.15) is 29.6 Å². The minimum absolute atomic E-state index is 0.0317. The SMILES string of the molecule is CN1CC[C@H](O)[C@@]2(CCCN(C(=O)c3ccc4c(c3)OCC(=O)N4)C2)C1. The van der Waals surface area contributed by atoms with Gasteiger partial charge in [-0.1, -0.05) is 0 Å². The lowest BCUT2D eigenvalue weighted by Gasteiger charge is -2.50. The van der Waals surface area contributed by atoms with Crippen molar-refractivity contribution in [2.75, 3.05) is 45.2 Å². The van der Waals surface area contributed by atoms with Gasteiger partial charge in [-0.25, -0.2) is 0 Å². The molecule has 2 fully saturated rings. The van der Waals surface area contributed by atoms with E-state index in [4.69, 9.17) is 4.74 Å². The molecule has 3 heterocycles. The van der Waals surface area contributed by atoms with Crippen LogP contribution >= 0.6 is 0 Å². The average Bonchev–Trinajstić information content (AvgIpc) is 2.64. The number of hydrogen-bond acceptors (Lipinski definition) is 5. The molecule has 2 saturated heterocycles. The van der Waals surface area contributed by atoms with Gasteiger partial charge in [0.1, 0.15) is 5.75 Å². The van der Waals surface area contributed by atoms with E-state index in [-0.39, 0.29) is 29.9 Å². The van der Waals surface area contributed by atoms with E-state index in [0.29, 0.717) is 30.1 Å². The zero-order chi connectivity index (χ0) is 18.3. The molecule has 1 aromatic rings. The number of rotatable bonds is 1. The summed E-state index contributed by atoms with van der Waals surface area (Å²) in [5.41, 5.74) is 0.910. The maximum atomic E-state index is 13.1. The smallest absolute Gasteiger partial charge is 0.262 e. The minimum atomic E-state index is -0.364. The molecule has 0 aromatic heterocycles. The summed E-state index contributed by atoms with van der Waals surface area (Å²) in [5, 5.41) is 13.4. The second-order valence-corrected chi connectivity index (χ2v) is 7.78. The first kappa shape index (κ1) is 17.3. The lowest BCUT2D eigenvalue weighted by Crippen LogP contribution is -2.59. The van der Waals surface area contributed by atoms with E-state index >= 15 is 0 Å². The molecule has 2 atom stereocenters. The summed E-state index contributed by atoms with van der Waals surface area (Å²) in [6, 6.07) is 5.13. The first-order valence-corrected chi connectivity index (χ1v) is 9.19. The van der Waals surface area contributed by atoms with E-state index in [0.717, 1.165) is 32.4 Å². The van der Waals surface area contributed by atoms with Gasteiger partial charge in [0.15, 0.2) is 6.61 Å². The molecule has 3 aliphatic rings. The van der Waals surface area contributed by atoms with Crippen LogP contribution in [0.3, 0.4) is 0 Å². The van der Waals surface area contributed by atoms with Crippen LogP contribution in [0.4, 0.5) is 5.69 Å². The van der Waals surface area contributed by atoms with Crippen LogP contribution in [0.2, 0.25) is 0 Å². The standard InChI is InChI=1S/C19H25N3O4/c1-21-8-5-16(23)19(11-21)6-2-7-22(12-19)18(25)13-3-4-14-15(9-13)26-10-17(24)20-14/h3-4,9,16,23H,2,5-8,10-12H2,1H3,(H,20,24)/t16-,19-/m0/s1. The maximum absolute atomic E-state index is 13.1. The van der Waals surface area contributed by atoms with Crippen LogP contribution in [0.25, 0.3) is 0 Å². The molecule has 0 unspecified atom stereocenters. The van der Waals surface area contributed by atoms with Gasteiger partial charge in [0, 0.05) is 37.2 Å². The Morgan fingerprint density at radius 2 is 2.19 bits per heavy atom. The van der Waals surface area contributed by atoms with E-state index in [1.807, 2.05) is 4.90 Å². The molecule has 7 heteroatoms. The maximum Gasteiger partial charge on any atom is 0.262 e. The Labute approximate surface area is 152 Å².